The standard InChI is InChI=1S/C18H27N3O3S/c1-15-4-14-25-17(15)18(23)21-6-2-5-20(8-9-21)16(22)3-7-19-10-12-24-13-11-19/h4,14H,2-3,5-13H2,1H3. The number of carbonyl (C=O) groups excluding carboxylic acids is 2. The summed E-state index contributed by atoms with van der Waals surface area (Å²) < 4.78 is 5.34. The summed E-state index contributed by atoms with van der Waals surface area (Å²) >= 11 is 1.50. The number of amides is 2. The molecule has 2 aliphatic rings. The molecule has 3 rings (SSSR count). The third-order valence-corrected chi connectivity index (χ3v) is 5.94. The highest BCUT2D eigenvalue weighted by Crippen LogP contribution is 2.19. The normalized spacial score (nSPS) is 19.7. The van der Waals surface area contributed by atoms with Gasteiger partial charge in [0.1, 0.15) is 0 Å². The van der Waals surface area contributed by atoms with Crippen molar-refractivity contribution in [2.45, 2.75) is 19.8 Å². The van der Waals surface area contributed by atoms with Crippen molar-refractivity contribution in [2.75, 3.05) is 59.0 Å². The van der Waals surface area contributed by atoms with E-state index in [-0.39, 0.29) is 11.8 Å². The van der Waals surface area contributed by atoms with Crippen molar-refractivity contribution in [3.8, 4) is 0 Å². The Hall–Kier alpha value is -1.44. The largest absolute Gasteiger partial charge is 0.379 e. The molecule has 0 aliphatic carbocycles. The van der Waals surface area contributed by atoms with Gasteiger partial charge in [-0.3, -0.25) is 14.5 Å². The van der Waals surface area contributed by atoms with Gasteiger partial charge in [0, 0.05) is 52.2 Å². The molecule has 2 fully saturated rings. The second-order valence-corrected chi connectivity index (χ2v) is 7.58. The van der Waals surface area contributed by atoms with Crippen LogP contribution in [0.15, 0.2) is 11.4 Å². The Bertz CT molecular complexity index is 598. The summed E-state index contributed by atoms with van der Waals surface area (Å²) in [5, 5.41) is 1.96. The molecule has 25 heavy (non-hydrogen) atoms. The maximum Gasteiger partial charge on any atom is 0.264 e. The highest BCUT2D eigenvalue weighted by atomic mass is 32.1. The number of thiophene rings is 1. The van der Waals surface area contributed by atoms with Crippen LogP contribution in [0.25, 0.3) is 0 Å². The third-order valence-electron chi connectivity index (χ3n) is 4.94. The summed E-state index contributed by atoms with van der Waals surface area (Å²) in [5.74, 6) is 0.309. The van der Waals surface area contributed by atoms with E-state index in [0.29, 0.717) is 19.5 Å². The molecule has 7 heteroatoms. The van der Waals surface area contributed by atoms with Crippen molar-refractivity contribution < 1.29 is 14.3 Å². The van der Waals surface area contributed by atoms with E-state index >= 15 is 0 Å². The summed E-state index contributed by atoms with van der Waals surface area (Å²) in [6.45, 7) is 8.86. The van der Waals surface area contributed by atoms with Crippen molar-refractivity contribution in [1.29, 1.82) is 0 Å². The zero-order chi connectivity index (χ0) is 17.6. The second kappa shape index (κ2) is 8.78. The average molecular weight is 365 g/mol. The molecule has 6 nitrogen and oxygen atoms in total. The number of rotatable bonds is 4. The minimum atomic E-state index is 0.107. The molecule has 0 aromatic carbocycles. The summed E-state index contributed by atoms with van der Waals surface area (Å²) in [6.07, 6.45) is 1.40. The van der Waals surface area contributed by atoms with Gasteiger partial charge in [-0.1, -0.05) is 0 Å². The molecule has 2 aliphatic heterocycles. The molecular weight excluding hydrogens is 338 g/mol. The van der Waals surface area contributed by atoms with Gasteiger partial charge in [-0.2, -0.15) is 0 Å². The van der Waals surface area contributed by atoms with Crippen LogP contribution in [0.4, 0.5) is 0 Å². The maximum absolute atomic E-state index is 12.7. The Morgan fingerprint density at radius 3 is 2.52 bits per heavy atom. The van der Waals surface area contributed by atoms with E-state index < -0.39 is 0 Å². The molecule has 1 aromatic heterocycles. The number of hydrogen-bond donors (Lipinski definition) is 0. The molecule has 1 aromatic rings. The fraction of sp³-hybridized carbons (Fsp3) is 0.667. The SMILES string of the molecule is Cc1ccsc1C(=O)N1CCCN(C(=O)CCN2CCOCC2)CC1. The van der Waals surface area contributed by atoms with Gasteiger partial charge < -0.3 is 14.5 Å². The lowest BCUT2D eigenvalue weighted by Gasteiger charge is -2.27. The minimum Gasteiger partial charge on any atom is -0.379 e. The van der Waals surface area contributed by atoms with Gasteiger partial charge in [-0.25, -0.2) is 0 Å². The van der Waals surface area contributed by atoms with Crippen LogP contribution in [0, 0.1) is 6.92 Å². The average Bonchev–Trinajstić information content (AvgIpc) is 2.92. The first-order valence-corrected chi connectivity index (χ1v) is 9.94. The molecule has 0 radical (unpaired) electrons. The Balaban J connectivity index is 1.48. The van der Waals surface area contributed by atoms with E-state index in [1.165, 1.54) is 11.3 Å². The van der Waals surface area contributed by atoms with Crippen LogP contribution in [-0.2, 0) is 9.53 Å². The molecule has 2 amide bonds. The molecule has 0 N–H and O–H groups in total. The fourth-order valence-corrected chi connectivity index (χ4v) is 4.23. The molecule has 0 bridgehead atoms. The number of nitrogens with zero attached hydrogens (tertiary/aromatic N) is 3. The van der Waals surface area contributed by atoms with Crippen molar-refractivity contribution in [3.05, 3.63) is 21.9 Å². The van der Waals surface area contributed by atoms with E-state index in [1.807, 2.05) is 28.2 Å². The highest BCUT2D eigenvalue weighted by molar-refractivity contribution is 7.12. The van der Waals surface area contributed by atoms with Gasteiger partial charge in [0.25, 0.3) is 5.91 Å². The lowest BCUT2D eigenvalue weighted by atomic mass is 10.2. The van der Waals surface area contributed by atoms with E-state index in [2.05, 4.69) is 4.90 Å². The first-order chi connectivity index (χ1) is 12.1. The van der Waals surface area contributed by atoms with Crippen LogP contribution in [-0.4, -0.2) is 85.5 Å². The predicted octanol–water partition coefficient (Wildman–Crippen LogP) is 1.45. The number of hydrogen-bond acceptors (Lipinski definition) is 5. The summed E-state index contributed by atoms with van der Waals surface area (Å²) in [4.78, 5) is 32.1. The lowest BCUT2D eigenvalue weighted by molar-refractivity contribution is -0.131. The number of ether oxygens (including phenoxy) is 1. The van der Waals surface area contributed by atoms with E-state index in [0.717, 1.165) is 62.8 Å². The Morgan fingerprint density at radius 1 is 1.08 bits per heavy atom. The van der Waals surface area contributed by atoms with Crippen LogP contribution < -0.4 is 0 Å². The molecule has 2 saturated heterocycles. The first-order valence-electron chi connectivity index (χ1n) is 9.06. The Kier molecular flexibility index (Phi) is 6.45. The van der Waals surface area contributed by atoms with E-state index in [4.69, 9.17) is 4.74 Å². The molecule has 0 saturated carbocycles. The molecule has 0 atom stereocenters. The molecule has 138 valence electrons. The van der Waals surface area contributed by atoms with Crippen LogP contribution >= 0.6 is 11.3 Å². The van der Waals surface area contributed by atoms with Crippen LogP contribution in [0.3, 0.4) is 0 Å². The van der Waals surface area contributed by atoms with Gasteiger partial charge in [0.05, 0.1) is 18.1 Å². The number of aryl methyl sites for hydroxylation is 1. The van der Waals surface area contributed by atoms with Gasteiger partial charge in [0.2, 0.25) is 5.91 Å². The van der Waals surface area contributed by atoms with Crippen molar-refractivity contribution in [1.82, 2.24) is 14.7 Å². The van der Waals surface area contributed by atoms with Crippen molar-refractivity contribution in [2.24, 2.45) is 0 Å². The molecule has 3 heterocycles. The summed E-state index contributed by atoms with van der Waals surface area (Å²) in [6, 6.07) is 1.98. The number of carbonyl (C=O) groups is 2. The van der Waals surface area contributed by atoms with Gasteiger partial charge in [-0.15, -0.1) is 11.3 Å². The second-order valence-electron chi connectivity index (χ2n) is 6.66. The highest BCUT2D eigenvalue weighted by Gasteiger charge is 2.24. The zero-order valence-electron chi connectivity index (χ0n) is 14.9. The summed E-state index contributed by atoms with van der Waals surface area (Å²) in [5.41, 5.74) is 1.04. The lowest BCUT2D eigenvalue weighted by Crippen LogP contribution is -2.41. The van der Waals surface area contributed by atoms with Gasteiger partial charge in [-0.05, 0) is 30.4 Å². The monoisotopic (exact) mass is 365 g/mol. The van der Waals surface area contributed by atoms with Gasteiger partial charge in [0.15, 0.2) is 0 Å². The quantitative estimate of drug-likeness (QED) is 0.811. The Labute approximate surface area is 153 Å². The van der Waals surface area contributed by atoms with Crippen LogP contribution in [0.5, 0.6) is 0 Å². The predicted molar refractivity (Wildman–Crippen MR) is 98.0 cm³/mol. The van der Waals surface area contributed by atoms with E-state index in [9.17, 15) is 9.59 Å². The van der Waals surface area contributed by atoms with Crippen molar-refractivity contribution >= 4 is 23.2 Å². The number of morpholine rings is 1. The topological polar surface area (TPSA) is 53.1 Å². The fourth-order valence-electron chi connectivity index (χ4n) is 3.34. The van der Waals surface area contributed by atoms with E-state index in [1.54, 1.807) is 0 Å². The smallest absolute Gasteiger partial charge is 0.264 e. The minimum absolute atomic E-state index is 0.107. The zero-order valence-corrected chi connectivity index (χ0v) is 15.7. The third kappa shape index (κ3) is 4.80. The Morgan fingerprint density at radius 2 is 1.80 bits per heavy atom. The van der Waals surface area contributed by atoms with Crippen molar-refractivity contribution in [3.63, 3.8) is 0 Å². The first kappa shape index (κ1) is 18.4. The molecule has 0 spiro atoms. The molecular formula is C18H27N3O3S. The van der Waals surface area contributed by atoms with Crippen LogP contribution in [0.2, 0.25) is 0 Å². The van der Waals surface area contributed by atoms with Crippen LogP contribution in [0.1, 0.15) is 28.1 Å². The molecule has 0 unspecified atom stereocenters. The summed E-state index contributed by atoms with van der Waals surface area (Å²) in [7, 11) is 0. The van der Waals surface area contributed by atoms with Gasteiger partial charge >= 0.3 is 0 Å². The maximum atomic E-state index is 12.7.